The highest BCUT2D eigenvalue weighted by molar-refractivity contribution is 5.89. The molecule has 100 valence electrons. The van der Waals surface area contributed by atoms with Gasteiger partial charge >= 0.3 is 5.97 Å². The number of carbonyl (C=O) groups excluding carboxylic acids is 1. The maximum atomic E-state index is 11.4. The number of ether oxygens (including phenoxy) is 1. The molecule has 19 heavy (non-hydrogen) atoms. The summed E-state index contributed by atoms with van der Waals surface area (Å²) in [5.74, 6) is 1.30. The van der Waals surface area contributed by atoms with Crippen molar-refractivity contribution in [2.45, 2.75) is 20.4 Å². The molecule has 0 aliphatic heterocycles. The van der Waals surface area contributed by atoms with Crippen molar-refractivity contribution in [3.8, 4) is 0 Å². The van der Waals surface area contributed by atoms with E-state index < -0.39 is 0 Å². The lowest BCUT2D eigenvalue weighted by Crippen LogP contribution is -2.06. The Morgan fingerprint density at radius 1 is 1.47 bits per heavy atom. The van der Waals surface area contributed by atoms with Crippen molar-refractivity contribution < 1.29 is 14.1 Å². The summed E-state index contributed by atoms with van der Waals surface area (Å²) in [7, 11) is 0. The minimum absolute atomic E-state index is 0.343. The Balaban J connectivity index is 1.93. The predicted molar refractivity (Wildman–Crippen MR) is 66.6 cm³/mol. The predicted octanol–water partition coefficient (Wildman–Crippen LogP) is 1.56. The van der Waals surface area contributed by atoms with Gasteiger partial charge in [0.15, 0.2) is 5.82 Å². The second-order valence-corrected chi connectivity index (χ2v) is 3.74. The molecule has 0 aliphatic rings. The number of aryl methyl sites for hydroxylation is 1. The summed E-state index contributed by atoms with van der Waals surface area (Å²) in [4.78, 5) is 19.6. The molecule has 2 aromatic rings. The van der Waals surface area contributed by atoms with Crippen molar-refractivity contribution in [3.63, 3.8) is 0 Å². The molecular formula is C12H14N4O3. The van der Waals surface area contributed by atoms with Gasteiger partial charge in [-0.25, -0.2) is 9.78 Å². The normalized spacial score (nSPS) is 10.2. The summed E-state index contributed by atoms with van der Waals surface area (Å²) in [6.45, 7) is 4.23. The number of anilines is 1. The van der Waals surface area contributed by atoms with Crippen LogP contribution in [0.3, 0.4) is 0 Å². The van der Waals surface area contributed by atoms with Crippen LogP contribution in [0.4, 0.5) is 5.82 Å². The summed E-state index contributed by atoms with van der Waals surface area (Å²) in [6, 6.07) is 3.34. The Bertz CT molecular complexity index is 550. The number of carbonyl (C=O) groups is 1. The van der Waals surface area contributed by atoms with Crippen LogP contribution in [-0.2, 0) is 11.3 Å². The van der Waals surface area contributed by atoms with Gasteiger partial charge in [0.05, 0.1) is 18.7 Å². The third kappa shape index (κ3) is 3.51. The average Bonchev–Trinajstić information content (AvgIpc) is 2.83. The van der Waals surface area contributed by atoms with Gasteiger partial charge in [-0.1, -0.05) is 5.16 Å². The highest BCUT2D eigenvalue weighted by atomic mass is 16.5. The van der Waals surface area contributed by atoms with Crippen LogP contribution in [0, 0.1) is 6.92 Å². The van der Waals surface area contributed by atoms with E-state index in [-0.39, 0.29) is 5.97 Å². The van der Waals surface area contributed by atoms with Crippen LogP contribution in [0.25, 0.3) is 0 Å². The van der Waals surface area contributed by atoms with Crippen LogP contribution < -0.4 is 5.32 Å². The molecule has 0 saturated carbocycles. The van der Waals surface area contributed by atoms with E-state index in [9.17, 15) is 4.79 Å². The lowest BCUT2D eigenvalue weighted by molar-refractivity contribution is 0.0526. The zero-order chi connectivity index (χ0) is 13.7. The number of hydrogen-bond donors (Lipinski definition) is 1. The number of esters is 1. The first-order chi connectivity index (χ1) is 9.19. The first kappa shape index (κ1) is 13.0. The third-order valence-electron chi connectivity index (χ3n) is 2.26. The molecule has 7 nitrogen and oxygen atoms in total. The smallest absolute Gasteiger partial charge is 0.339 e. The van der Waals surface area contributed by atoms with Gasteiger partial charge in [-0.05, 0) is 26.0 Å². The van der Waals surface area contributed by atoms with E-state index in [0.717, 1.165) is 0 Å². The first-order valence-corrected chi connectivity index (χ1v) is 5.85. The molecule has 0 unspecified atom stereocenters. The topological polar surface area (TPSA) is 90.1 Å². The first-order valence-electron chi connectivity index (χ1n) is 5.85. The Labute approximate surface area is 110 Å². The molecule has 0 radical (unpaired) electrons. The quantitative estimate of drug-likeness (QED) is 0.817. The molecule has 2 aromatic heterocycles. The molecule has 2 heterocycles. The lowest BCUT2D eigenvalue weighted by Gasteiger charge is -2.04. The van der Waals surface area contributed by atoms with Gasteiger partial charge in [-0.15, -0.1) is 0 Å². The molecular weight excluding hydrogens is 248 g/mol. The largest absolute Gasteiger partial charge is 0.462 e. The van der Waals surface area contributed by atoms with Crippen LogP contribution in [-0.4, -0.2) is 27.7 Å². The van der Waals surface area contributed by atoms with Crippen molar-refractivity contribution in [1.82, 2.24) is 15.1 Å². The van der Waals surface area contributed by atoms with Crippen LogP contribution in [0.5, 0.6) is 0 Å². The van der Waals surface area contributed by atoms with E-state index in [4.69, 9.17) is 9.26 Å². The molecule has 7 heteroatoms. The van der Waals surface area contributed by atoms with E-state index in [1.807, 2.05) is 0 Å². The maximum Gasteiger partial charge on any atom is 0.339 e. The Morgan fingerprint density at radius 3 is 2.89 bits per heavy atom. The summed E-state index contributed by atoms with van der Waals surface area (Å²) in [5.41, 5.74) is 0.418. The number of pyridine rings is 1. The standard InChI is InChI=1S/C12H14N4O3/c1-3-18-12(17)9-4-5-10(13-6-9)14-7-11-15-8(2)16-19-11/h4-6H,3,7H2,1-2H3,(H,13,14). The van der Waals surface area contributed by atoms with Crippen molar-refractivity contribution in [2.75, 3.05) is 11.9 Å². The number of aromatic nitrogens is 3. The van der Waals surface area contributed by atoms with Gasteiger partial charge in [-0.2, -0.15) is 4.98 Å². The van der Waals surface area contributed by atoms with Gasteiger partial charge in [0.2, 0.25) is 5.89 Å². The number of rotatable bonds is 5. The van der Waals surface area contributed by atoms with Crippen molar-refractivity contribution in [3.05, 3.63) is 35.6 Å². The fraction of sp³-hybridized carbons (Fsp3) is 0.333. The molecule has 0 bridgehead atoms. The molecule has 0 spiro atoms. The Hall–Kier alpha value is -2.44. The molecule has 1 N–H and O–H groups in total. The van der Waals surface area contributed by atoms with Crippen molar-refractivity contribution in [2.24, 2.45) is 0 Å². The highest BCUT2D eigenvalue weighted by Gasteiger charge is 2.07. The van der Waals surface area contributed by atoms with Gasteiger partial charge in [0.1, 0.15) is 5.82 Å². The average molecular weight is 262 g/mol. The SMILES string of the molecule is CCOC(=O)c1ccc(NCc2nc(C)no2)nc1. The molecule has 2 rings (SSSR count). The molecule has 0 aromatic carbocycles. The van der Waals surface area contributed by atoms with Crippen molar-refractivity contribution >= 4 is 11.8 Å². The Kier molecular flexibility index (Phi) is 4.07. The van der Waals surface area contributed by atoms with E-state index in [1.54, 1.807) is 26.0 Å². The molecule has 0 atom stereocenters. The summed E-state index contributed by atoms with van der Waals surface area (Å²) < 4.78 is 9.82. The number of hydrogen-bond acceptors (Lipinski definition) is 7. The second-order valence-electron chi connectivity index (χ2n) is 3.74. The van der Waals surface area contributed by atoms with Crippen LogP contribution >= 0.6 is 0 Å². The lowest BCUT2D eigenvalue weighted by atomic mass is 10.3. The third-order valence-corrected chi connectivity index (χ3v) is 2.26. The molecule has 0 aliphatic carbocycles. The van der Waals surface area contributed by atoms with Crippen LogP contribution in [0.1, 0.15) is 29.0 Å². The zero-order valence-electron chi connectivity index (χ0n) is 10.7. The molecule has 0 amide bonds. The van der Waals surface area contributed by atoms with Gasteiger partial charge in [0.25, 0.3) is 0 Å². The number of nitrogens with zero attached hydrogens (tertiary/aromatic N) is 3. The summed E-state index contributed by atoms with van der Waals surface area (Å²) >= 11 is 0. The maximum absolute atomic E-state index is 11.4. The minimum Gasteiger partial charge on any atom is -0.462 e. The van der Waals surface area contributed by atoms with Crippen molar-refractivity contribution in [1.29, 1.82) is 0 Å². The Morgan fingerprint density at radius 2 is 2.32 bits per heavy atom. The van der Waals surface area contributed by atoms with Gasteiger partial charge < -0.3 is 14.6 Å². The summed E-state index contributed by atoms with van der Waals surface area (Å²) in [6.07, 6.45) is 1.46. The number of nitrogens with one attached hydrogen (secondary N) is 1. The van der Waals surface area contributed by atoms with Gasteiger partial charge in [-0.3, -0.25) is 0 Å². The molecule has 0 fully saturated rings. The summed E-state index contributed by atoms with van der Waals surface area (Å²) in [5, 5.41) is 6.69. The van der Waals surface area contributed by atoms with Gasteiger partial charge in [0, 0.05) is 6.20 Å². The zero-order valence-corrected chi connectivity index (χ0v) is 10.7. The monoisotopic (exact) mass is 262 g/mol. The fourth-order valence-electron chi connectivity index (χ4n) is 1.41. The van der Waals surface area contributed by atoms with E-state index in [1.165, 1.54) is 6.20 Å². The highest BCUT2D eigenvalue weighted by Crippen LogP contribution is 2.08. The fourth-order valence-corrected chi connectivity index (χ4v) is 1.41. The van der Waals surface area contributed by atoms with Crippen LogP contribution in [0.2, 0.25) is 0 Å². The van der Waals surface area contributed by atoms with E-state index in [0.29, 0.717) is 36.2 Å². The van der Waals surface area contributed by atoms with E-state index >= 15 is 0 Å². The minimum atomic E-state index is -0.380. The van der Waals surface area contributed by atoms with E-state index in [2.05, 4.69) is 20.4 Å². The molecule has 0 saturated heterocycles. The van der Waals surface area contributed by atoms with Crippen LogP contribution in [0.15, 0.2) is 22.9 Å². The second kappa shape index (κ2) is 5.94.